The number of ether oxygens (including phenoxy) is 1. The van der Waals surface area contributed by atoms with Gasteiger partial charge in [-0.25, -0.2) is 13.1 Å². The van der Waals surface area contributed by atoms with Crippen molar-refractivity contribution in [3.05, 3.63) is 53.6 Å². The molecule has 1 N–H and O–H groups in total. The van der Waals surface area contributed by atoms with Crippen LogP contribution in [0.3, 0.4) is 0 Å². The van der Waals surface area contributed by atoms with Crippen LogP contribution in [0.2, 0.25) is 5.02 Å². The second-order valence-electron chi connectivity index (χ2n) is 6.11. The summed E-state index contributed by atoms with van der Waals surface area (Å²) in [7, 11) is -1.89. The molecule has 1 atom stereocenters. The Balaban J connectivity index is 1.58. The zero-order chi connectivity index (χ0) is 17.9. The predicted octanol–water partition coefficient (Wildman–Crippen LogP) is 3.15. The topological polar surface area (TPSA) is 58.6 Å². The summed E-state index contributed by atoms with van der Waals surface area (Å²) >= 11 is 5.88. The minimum absolute atomic E-state index is 0.199. The lowest BCUT2D eigenvalue weighted by molar-refractivity contribution is 0.415. The van der Waals surface area contributed by atoms with Crippen LogP contribution < -0.4 is 14.4 Å². The molecule has 0 amide bonds. The molecular weight excluding hydrogens is 360 g/mol. The zero-order valence-corrected chi connectivity index (χ0v) is 15.6. The molecule has 1 aliphatic heterocycles. The molecule has 0 saturated carbocycles. The molecule has 134 valence electrons. The van der Waals surface area contributed by atoms with E-state index in [0.717, 1.165) is 30.9 Å². The van der Waals surface area contributed by atoms with Crippen LogP contribution in [0.1, 0.15) is 6.42 Å². The normalized spacial score (nSPS) is 17.7. The van der Waals surface area contributed by atoms with Crippen molar-refractivity contribution in [2.24, 2.45) is 5.92 Å². The lowest BCUT2D eigenvalue weighted by atomic mass is 10.1. The first-order valence-corrected chi connectivity index (χ1v) is 9.98. The van der Waals surface area contributed by atoms with Crippen LogP contribution in [0.4, 0.5) is 5.69 Å². The predicted molar refractivity (Wildman–Crippen MR) is 100.0 cm³/mol. The lowest BCUT2D eigenvalue weighted by Crippen LogP contribution is -2.31. The number of benzene rings is 2. The van der Waals surface area contributed by atoms with Gasteiger partial charge in [0, 0.05) is 30.3 Å². The maximum atomic E-state index is 12.4. The number of sulfonamides is 1. The van der Waals surface area contributed by atoms with Crippen molar-refractivity contribution in [1.29, 1.82) is 0 Å². The Hall–Kier alpha value is -1.76. The number of halogens is 1. The summed E-state index contributed by atoms with van der Waals surface area (Å²) in [6, 6.07) is 14.2. The first-order valence-electron chi connectivity index (χ1n) is 8.12. The molecule has 0 aromatic heterocycles. The summed E-state index contributed by atoms with van der Waals surface area (Å²) in [5, 5.41) is 0.412. The third-order valence-electron chi connectivity index (χ3n) is 4.39. The molecule has 2 aromatic carbocycles. The highest BCUT2D eigenvalue weighted by Crippen LogP contribution is 2.26. The van der Waals surface area contributed by atoms with Crippen LogP contribution in [-0.4, -0.2) is 35.2 Å². The Labute approximate surface area is 153 Å². The third kappa shape index (κ3) is 4.45. The molecule has 3 rings (SSSR count). The standard InChI is InChI=1S/C18H21ClN2O3S/c1-24-17-7-5-16(6-8-17)21-10-9-14(13-21)12-20-25(22,23)18-4-2-3-15(19)11-18/h2-8,11,14,20H,9-10,12-13H2,1H3/t14-/m0/s1. The molecule has 0 radical (unpaired) electrons. The SMILES string of the molecule is COc1ccc(N2CC[C@@H](CNS(=O)(=O)c3cccc(Cl)c3)C2)cc1. The summed E-state index contributed by atoms with van der Waals surface area (Å²) in [6.07, 6.45) is 0.949. The summed E-state index contributed by atoms with van der Waals surface area (Å²) in [6.45, 7) is 2.15. The van der Waals surface area contributed by atoms with Gasteiger partial charge in [0.05, 0.1) is 12.0 Å². The summed E-state index contributed by atoms with van der Waals surface area (Å²) < 4.78 is 32.6. The van der Waals surface area contributed by atoms with E-state index in [1.54, 1.807) is 25.3 Å². The quantitative estimate of drug-likeness (QED) is 0.836. The number of nitrogens with zero attached hydrogens (tertiary/aromatic N) is 1. The Bertz CT molecular complexity index is 824. The fraction of sp³-hybridized carbons (Fsp3) is 0.333. The number of nitrogens with one attached hydrogen (secondary N) is 1. The Morgan fingerprint density at radius 2 is 2.00 bits per heavy atom. The van der Waals surface area contributed by atoms with E-state index in [2.05, 4.69) is 9.62 Å². The van der Waals surface area contributed by atoms with Crippen LogP contribution in [0.15, 0.2) is 53.4 Å². The van der Waals surface area contributed by atoms with Crippen molar-refractivity contribution in [3.8, 4) is 5.75 Å². The van der Waals surface area contributed by atoms with Gasteiger partial charge in [-0.05, 0) is 54.8 Å². The van der Waals surface area contributed by atoms with Crippen LogP contribution in [-0.2, 0) is 10.0 Å². The molecule has 0 bridgehead atoms. The van der Waals surface area contributed by atoms with Crippen molar-refractivity contribution in [3.63, 3.8) is 0 Å². The van der Waals surface area contributed by atoms with Gasteiger partial charge in [0.15, 0.2) is 0 Å². The lowest BCUT2D eigenvalue weighted by Gasteiger charge is -2.19. The molecule has 1 aliphatic rings. The minimum Gasteiger partial charge on any atom is -0.497 e. The Morgan fingerprint density at radius 3 is 2.68 bits per heavy atom. The minimum atomic E-state index is -3.53. The van der Waals surface area contributed by atoms with Gasteiger partial charge in [-0.15, -0.1) is 0 Å². The fourth-order valence-electron chi connectivity index (χ4n) is 2.97. The van der Waals surface area contributed by atoms with E-state index in [1.165, 1.54) is 6.07 Å². The monoisotopic (exact) mass is 380 g/mol. The molecule has 1 fully saturated rings. The molecule has 1 saturated heterocycles. The Kier molecular flexibility index (Phi) is 5.51. The molecular formula is C18H21ClN2O3S. The first-order chi connectivity index (χ1) is 12.0. The highest BCUT2D eigenvalue weighted by atomic mass is 35.5. The second-order valence-corrected chi connectivity index (χ2v) is 8.31. The maximum Gasteiger partial charge on any atom is 0.240 e. The van der Waals surface area contributed by atoms with Crippen LogP contribution >= 0.6 is 11.6 Å². The summed E-state index contributed by atoms with van der Waals surface area (Å²) in [5.41, 5.74) is 1.13. The van der Waals surface area contributed by atoms with Crippen molar-refractivity contribution in [1.82, 2.24) is 4.72 Å². The van der Waals surface area contributed by atoms with E-state index in [-0.39, 0.29) is 10.8 Å². The fourth-order valence-corrected chi connectivity index (χ4v) is 4.39. The van der Waals surface area contributed by atoms with Gasteiger partial charge >= 0.3 is 0 Å². The average molecular weight is 381 g/mol. The molecule has 1 heterocycles. The van der Waals surface area contributed by atoms with Crippen molar-refractivity contribution < 1.29 is 13.2 Å². The number of methoxy groups -OCH3 is 1. The van der Waals surface area contributed by atoms with Crippen LogP contribution in [0.5, 0.6) is 5.75 Å². The maximum absolute atomic E-state index is 12.4. The van der Waals surface area contributed by atoms with Crippen molar-refractivity contribution >= 4 is 27.3 Å². The molecule has 25 heavy (non-hydrogen) atoms. The number of hydrogen-bond donors (Lipinski definition) is 1. The van der Waals surface area contributed by atoms with E-state index in [1.807, 2.05) is 24.3 Å². The molecule has 7 heteroatoms. The summed E-state index contributed by atoms with van der Waals surface area (Å²) in [4.78, 5) is 2.46. The van der Waals surface area contributed by atoms with Gasteiger partial charge in [-0.1, -0.05) is 17.7 Å². The molecule has 2 aromatic rings. The second kappa shape index (κ2) is 7.64. The van der Waals surface area contributed by atoms with Crippen LogP contribution in [0, 0.1) is 5.92 Å². The van der Waals surface area contributed by atoms with E-state index < -0.39 is 10.0 Å². The molecule has 0 spiro atoms. The largest absolute Gasteiger partial charge is 0.497 e. The highest BCUT2D eigenvalue weighted by molar-refractivity contribution is 7.89. The van der Waals surface area contributed by atoms with E-state index in [0.29, 0.717) is 11.6 Å². The van der Waals surface area contributed by atoms with E-state index in [9.17, 15) is 8.42 Å². The molecule has 0 aliphatic carbocycles. The van der Waals surface area contributed by atoms with Gasteiger partial charge in [-0.3, -0.25) is 0 Å². The summed E-state index contributed by atoms with van der Waals surface area (Å²) in [5.74, 6) is 1.10. The third-order valence-corrected chi connectivity index (χ3v) is 6.05. The first kappa shape index (κ1) is 18.0. The number of rotatable bonds is 6. The van der Waals surface area contributed by atoms with Crippen molar-refractivity contribution in [2.75, 3.05) is 31.6 Å². The number of anilines is 1. The number of hydrogen-bond acceptors (Lipinski definition) is 4. The highest BCUT2D eigenvalue weighted by Gasteiger charge is 2.25. The van der Waals surface area contributed by atoms with E-state index in [4.69, 9.17) is 16.3 Å². The van der Waals surface area contributed by atoms with Gasteiger partial charge < -0.3 is 9.64 Å². The van der Waals surface area contributed by atoms with Gasteiger partial charge in [0.1, 0.15) is 5.75 Å². The average Bonchev–Trinajstić information content (AvgIpc) is 3.09. The molecule has 5 nitrogen and oxygen atoms in total. The van der Waals surface area contributed by atoms with Crippen LogP contribution in [0.25, 0.3) is 0 Å². The van der Waals surface area contributed by atoms with E-state index >= 15 is 0 Å². The van der Waals surface area contributed by atoms with Gasteiger partial charge in [0.2, 0.25) is 10.0 Å². The molecule has 0 unspecified atom stereocenters. The van der Waals surface area contributed by atoms with Gasteiger partial charge in [-0.2, -0.15) is 0 Å². The van der Waals surface area contributed by atoms with Gasteiger partial charge in [0.25, 0.3) is 0 Å². The van der Waals surface area contributed by atoms with Crippen molar-refractivity contribution in [2.45, 2.75) is 11.3 Å². The smallest absolute Gasteiger partial charge is 0.240 e. The zero-order valence-electron chi connectivity index (χ0n) is 14.0. The Morgan fingerprint density at radius 1 is 1.24 bits per heavy atom.